The monoisotopic (exact) mass is 296 g/mol. The lowest BCUT2D eigenvalue weighted by Gasteiger charge is -2.13. The smallest absolute Gasteiger partial charge is 0.416 e. The number of aromatic nitrogens is 1. The number of benzene rings is 1. The molecule has 0 bridgehead atoms. The van der Waals surface area contributed by atoms with E-state index in [1.54, 1.807) is 0 Å². The van der Waals surface area contributed by atoms with E-state index >= 15 is 0 Å². The lowest BCUT2D eigenvalue weighted by molar-refractivity contribution is -0.138. The summed E-state index contributed by atoms with van der Waals surface area (Å²) in [7, 11) is 0. The van der Waals surface area contributed by atoms with Gasteiger partial charge >= 0.3 is 12.1 Å². The quantitative estimate of drug-likeness (QED) is 0.903. The summed E-state index contributed by atoms with van der Waals surface area (Å²) in [6.07, 6.45) is -4.45. The molecule has 0 spiro atoms. The van der Waals surface area contributed by atoms with Gasteiger partial charge in [-0.3, -0.25) is 0 Å². The van der Waals surface area contributed by atoms with Crippen molar-refractivity contribution in [1.82, 2.24) is 4.98 Å². The summed E-state index contributed by atoms with van der Waals surface area (Å²) in [5, 5.41) is 11.5. The average Bonchev–Trinajstić information content (AvgIpc) is 2.40. The van der Waals surface area contributed by atoms with Crippen LogP contribution in [-0.2, 0) is 6.18 Å². The number of anilines is 2. The number of nitrogens with one attached hydrogen (secondary N) is 1. The number of nitrogens with zero attached hydrogens (tertiary/aromatic N) is 1. The Labute approximate surface area is 118 Å². The Morgan fingerprint density at radius 3 is 2.57 bits per heavy atom. The first-order valence-electron chi connectivity index (χ1n) is 5.92. The number of halogens is 3. The molecule has 4 nitrogen and oxygen atoms in total. The van der Waals surface area contributed by atoms with Gasteiger partial charge in [0.25, 0.3) is 0 Å². The van der Waals surface area contributed by atoms with E-state index in [2.05, 4.69) is 10.3 Å². The average molecular weight is 296 g/mol. The third-order valence-corrected chi connectivity index (χ3v) is 2.78. The molecular weight excluding hydrogens is 285 g/mol. The molecule has 0 aliphatic carbocycles. The van der Waals surface area contributed by atoms with E-state index in [9.17, 15) is 18.0 Å². The fourth-order valence-electron chi connectivity index (χ4n) is 1.78. The molecule has 0 saturated carbocycles. The van der Waals surface area contributed by atoms with Crippen molar-refractivity contribution in [2.75, 3.05) is 5.32 Å². The van der Waals surface area contributed by atoms with Crippen molar-refractivity contribution in [3.63, 3.8) is 0 Å². The molecule has 1 aromatic heterocycles. The van der Waals surface area contributed by atoms with E-state index in [0.717, 1.165) is 6.07 Å². The van der Waals surface area contributed by atoms with Crippen molar-refractivity contribution in [2.45, 2.75) is 13.1 Å². The number of carbonyl (C=O) groups is 1. The Balaban J connectivity index is 2.32. The van der Waals surface area contributed by atoms with Gasteiger partial charge in [-0.15, -0.1) is 0 Å². The molecule has 7 heteroatoms. The van der Waals surface area contributed by atoms with Crippen LogP contribution in [0.5, 0.6) is 0 Å². The van der Waals surface area contributed by atoms with Gasteiger partial charge in [-0.1, -0.05) is 12.1 Å². The lowest BCUT2D eigenvalue weighted by atomic mass is 10.1. The minimum Gasteiger partial charge on any atom is -0.477 e. The molecule has 0 aliphatic rings. The number of carboxylic acids is 1. The van der Waals surface area contributed by atoms with Crippen molar-refractivity contribution in [2.24, 2.45) is 0 Å². The summed E-state index contributed by atoms with van der Waals surface area (Å²) >= 11 is 0. The molecule has 2 rings (SSSR count). The van der Waals surface area contributed by atoms with Gasteiger partial charge in [-0.25, -0.2) is 9.78 Å². The summed E-state index contributed by atoms with van der Waals surface area (Å²) in [4.78, 5) is 14.6. The molecule has 0 radical (unpaired) electrons. The van der Waals surface area contributed by atoms with Gasteiger partial charge in [-0.2, -0.15) is 13.2 Å². The van der Waals surface area contributed by atoms with Crippen LogP contribution in [0.4, 0.5) is 24.7 Å². The van der Waals surface area contributed by atoms with E-state index in [0.29, 0.717) is 0 Å². The first kappa shape index (κ1) is 14.8. The lowest BCUT2D eigenvalue weighted by Crippen LogP contribution is -2.08. The van der Waals surface area contributed by atoms with Crippen LogP contribution in [0.3, 0.4) is 0 Å². The number of rotatable bonds is 3. The molecular formula is C14H11F3N2O2. The first-order chi connectivity index (χ1) is 9.77. The molecule has 2 N–H and O–H groups in total. The van der Waals surface area contributed by atoms with Gasteiger partial charge in [0, 0.05) is 5.69 Å². The van der Waals surface area contributed by atoms with Crippen molar-refractivity contribution in [3.05, 3.63) is 53.2 Å². The van der Waals surface area contributed by atoms with Crippen molar-refractivity contribution < 1.29 is 23.1 Å². The third-order valence-electron chi connectivity index (χ3n) is 2.78. The van der Waals surface area contributed by atoms with E-state index in [1.165, 1.54) is 37.3 Å². The predicted molar refractivity (Wildman–Crippen MR) is 70.7 cm³/mol. The van der Waals surface area contributed by atoms with Gasteiger partial charge in [0.15, 0.2) is 5.69 Å². The molecule has 0 saturated heterocycles. The summed E-state index contributed by atoms with van der Waals surface area (Å²) in [6.45, 7) is 1.37. The van der Waals surface area contributed by atoms with Crippen LogP contribution in [-0.4, -0.2) is 16.1 Å². The first-order valence-corrected chi connectivity index (χ1v) is 5.92. The molecule has 1 heterocycles. The number of aryl methyl sites for hydroxylation is 1. The van der Waals surface area contributed by atoms with Gasteiger partial charge < -0.3 is 10.4 Å². The van der Waals surface area contributed by atoms with E-state index in [-0.39, 0.29) is 22.8 Å². The second-order valence-corrected chi connectivity index (χ2v) is 4.37. The largest absolute Gasteiger partial charge is 0.477 e. The highest BCUT2D eigenvalue weighted by Gasteiger charge is 2.32. The zero-order valence-corrected chi connectivity index (χ0v) is 10.9. The summed E-state index contributed by atoms with van der Waals surface area (Å²) in [6, 6.07) is 8.00. The number of alkyl halides is 3. The van der Waals surface area contributed by atoms with Crippen LogP contribution in [0.25, 0.3) is 0 Å². The number of aromatic carboxylic acids is 1. The minimum atomic E-state index is -4.45. The highest BCUT2D eigenvalue weighted by Crippen LogP contribution is 2.33. The van der Waals surface area contributed by atoms with E-state index < -0.39 is 17.7 Å². The maximum atomic E-state index is 12.8. The molecule has 2 aromatic rings. The summed E-state index contributed by atoms with van der Waals surface area (Å²) in [5.41, 5.74) is -0.645. The number of hydrogen-bond donors (Lipinski definition) is 2. The Morgan fingerprint density at radius 2 is 1.95 bits per heavy atom. The molecule has 21 heavy (non-hydrogen) atoms. The third kappa shape index (κ3) is 3.50. The van der Waals surface area contributed by atoms with Crippen LogP contribution in [0.2, 0.25) is 0 Å². The SMILES string of the molecule is Cc1ccc(Nc2cccc(C(=O)O)n2)cc1C(F)(F)F. The molecule has 0 aliphatic heterocycles. The Morgan fingerprint density at radius 1 is 1.24 bits per heavy atom. The topological polar surface area (TPSA) is 62.2 Å². The maximum Gasteiger partial charge on any atom is 0.416 e. The molecule has 0 unspecified atom stereocenters. The number of pyridine rings is 1. The normalized spacial score (nSPS) is 11.2. The molecule has 110 valence electrons. The van der Waals surface area contributed by atoms with Gasteiger partial charge in [0.2, 0.25) is 0 Å². The van der Waals surface area contributed by atoms with Crippen LogP contribution in [0.15, 0.2) is 36.4 Å². The van der Waals surface area contributed by atoms with Crippen molar-refractivity contribution in [3.8, 4) is 0 Å². The van der Waals surface area contributed by atoms with Crippen LogP contribution < -0.4 is 5.32 Å². The van der Waals surface area contributed by atoms with Gasteiger partial charge in [-0.05, 0) is 36.8 Å². The van der Waals surface area contributed by atoms with Crippen LogP contribution in [0.1, 0.15) is 21.6 Å². The standard InChI is InChI=1S/C14H11F3N2O2/c1-8-5-6-9(7-10(8)14(15,16)17)18-12-4-2-3-11(19-12)13(20)21/h2-7H,1H3,(H,18,19)(H,20,21). The van der Waals surface area contributed by atoms with Gasteiger partial charge in [0.1, 0.15) is 5.82 Å². The summed E-state index contributed by atoms with van der Waals surface area (Å²) in [5.74, 6) is -1.05. The van der Waals surface area contributed by atoms with Gasteiger partial charge in [0.05, 0.1) is 5.56 Å². The Hall–Kier alpha value is -2.57. The predicted octanol–water partition coefficient (Wildman–Crippen LogP) is 3.85. The fourth-order valence-corrected chi connectivity index (χ4v) is 1.78. The Kier molecular flexibility index (Phi) is 3.84. The fraction of sp³-hybridized carbons (Fsp3) is 0.143. The zero-order valence-electron chi connectivity index (χ0n) is 10.9. The second-order valence-electron chi connectivity index (χ2n) is 4.37. The van der Waals surface area contributed by atoms with Crippen molar-refractivity contribution >= 4 is 17.5 Å². The van der Waals surface area contributed by atoms with Crippen LogP contribution in [0, 0.1) is 6.92 Å². The zero-order chi connectivity index (χ0) is 15.6. The number of carboxylic acid groups (broad SMARTS) is 1. The minimum absolute atomic E-state index is 0.111. The highest BCUT2D eigenvalue weighted by atomic mass is 19.4. The van der Waals surface area contributed by atoms with Crippen LogP contribution >= 0.6 is 0 Å². The molecule has 0 amide bonds. The molecule has 1 aromatic carbocycles. The molecule has 0 atom stereocenters. The van der Waals surface area contributed by atoms with E-state index in [1.807, 2.05) is 0 Å². The second kappa shape index (κ2) is 5.43. The van der Waals surface area contributed by atoms with E-state index in [4.69, 9.17) is 5.11 Å². The number of hydrogen-bond acceptors (Lipinski definition) is 3. The highest BCUT2D eigenvalue weighted by molar-refractivity contribution is 5.85. The Bertz CT molecular complexity index is 684. The summed E-state index contributed by atoms with van der Waals surface area (Å²) < 4.78 is 38.4. The maximum absolute atomic E-state index is 12.8. The molecule has 0 fully saturated rings. The van der Waals surface area contributed by atoms with Crippen molar-refractivity contribution in [1.29, 1.82) is 0 Å².